The highest BCUT2D eigenvalue weighted by atomic mass is 35.5. The quantitative estimate of drug-likeness (QED) is 0.333. The molecule has 12 heteroatoms. The van der Waals surface area contributed by atoms with Gasteiger partial charge in [-0.05, 0) is 12.1 Å². The first-order chi connectivity index (χ1) is 17.8. The predicted molar refractivity (Wildman–Crippen MR) is 137 cm³/mol. The van der Waals surface area contributed by atoms with Crippen LogP contribution in [0.1, 0.15) is 20.3 Å². The average Bonchev–Trinajstić information content (AvgIpc) is 3.50. The number of aromatic nitrogens is 5. The highest BCUT2D eigenvalue weighted by molar-refractivity contribution is 6.33. The zero-order valence-corrected chi connectivity index (χ0v) is 21.2. The van der Waals surface area contributed by atoms with Gasteiger partial charge < -0.3 is 9.15 Å². The summed E-state index contributed by atoms with van der Waals surface area (Å²) in [5.41, 5.74) is -0.384. The number of hydrogen-bond donors (Lipinski definition) is 0. The van der Waals surface area contributed by atoms with E-state index in [1.165, 1.54) is 34.7 Å². The summed E-state index contributed by atoms with van der Waals surface area (Å²) in [4.78, 5) is 31.3. The number of furan rings is 1. The second-order valence-corrected chi connectivity index (χ2v) is 8.05. The molecule has 1 aromatic carbocycles. The molecule has 0 aliphatic rings. The molecule has 0 radical (unpaired) electrons. The normalized spacial score (nSPS) is 10.8. The van der Waals surface area contributed by atoms with E-state index in [1.54, 1.807) is 19.4 Å². The molecule has 0 fully saturated rings. The third-order valence-electron chi connectivity index (χ3n) is 5.64. The molecule has 5 aromatic rings. The summed E-state index contributed by atoms with van der Waals surface area (Å²) in [5.74, 6) is -0.611. The first-order valence-corrected chi connectivity index (χ1v) is 11.7. The SMILES string of the molecule is CC.COc1cc(-c2cc3c(o2)c(=O)n(-c2cncc4cnn(C)c24)c(=O)n3CCC#N)c(Cl)cc1F. The number of ether oxygens (including phenoxy) is 1. The van der Waals surface area contributed by atoms with E-state index in [2.05, 4.69) is 10.1 Å². The summed E-state index contributed by atoms with van der Waals surface area (Å²) < 4.78 is 28.7. The second-order valence-electron chi connectivity index (χ2n) is 7.64. The van der Waals surface area contributed by atoms with Crippen molar-refractivity contribution in [2.75, 3.05) is 7.11 Å². The molecule has 0 amide bonds. The average molecular weight is 525 g/mol. The number of nitrogens with zero attached hydrogens (tertiary/aromatic N) is 6. The van der Waals surface area contributed by atoms with Crippen molar-refractivity contribution in [2.24, 2.45) is 7.05 Å². The second kappa shape index (κ2) is 10.3. The van der Waals surface area contributed by atoms with Crippen molar-refractivity contribution in [3.8, 4) is 28.8 Å². The van der Waals surface area contributed by atoms with Crippen LogP contribution < -0.4 is 16.0 Å². The van der Waals surface area contributed by atoms with Crippen LogP contribution in [0.5, 0.6) is 5.75 Å². The lowest BCUT2D eigenvalue weighted by atomic mass is 10.1. The number of pyridine rings is 1. The lowest BCUT2D eigenvalue weighted by Crippen LogP contribution is -2.39. The van der Waals surface area contributed by atoms with Gasteiger partial charge in [-0.2, -0.15) is 10.4 Å². The lowest BCUT2D eigenvalue weighted by Gasteiger charge is -2.11. The van der Waals surface area contributed by atoms with E-state index in [9.17, 15) is 14.0 Å². The fourth-order valence-corrected chi connectivity index (χ4v) is 4.26. The molecule has 0 aliphatic carbocycles. The van der Waals surface area contributed by atoms with Crippen molar-refractivity contribution in [2.45, 2.75) is 26.8 Å². The fourth-order valence-electron chi connectivity index (χ4n) is 4.02. The molecule has 0 N–H and O–H groups in total. The lowest BCUT2D eigenvalue weighted by molar-refractivity contribution is 0.386. The molecule has 4 heterocycles. The summed E-state index contributed by atoms with van der Waals surface area (Å²) in [7, 11) is 2.98. The minimum Gasteiger partial charge on any atom is -0.494 e. The van der Waals surface area contributed by atoms with Crippen molar-refractivity contribution in [3.63, 3.8) is 0 Å². The highest BCUT2D eigenvalue weighted by Crippen LogP contribution is 2.36. The Labute approximate surface area is 214 Å². The monoisotopic (exact) mass is 524 g/mol. The molecule has 0 saturated carbocycles. The van der Waals surface area contributed by atoms with Crippen LogP contribution in [-0.4, -0.2) is 31.0 Å². The number of benzene rings is 1. The Morgan fingerprint density at radius 2 is 1.95 bits per heavy atom. The van der Waals surface area contributed by atoms with Crippen LogP contribution in [0.3, 0.4) is 0 Å². The van der Waals surface area contributed by atoms with E-state index >= 15 is 0 Å². The number of hydrogen-bond acceptors (Lipinski definition) is 7. The van der Waals surface area contributed by atoms with E-state index in [-0.39, 0.29) is 51.8 Å². The Bertz CT molecular complexity index is 1790. The van der Waals surface area contributed by atoms with Crippen molar-refractivity contribution in [3.05, 3.63) is 68.5 Å². The predicted octanol–water partition coefficient (Wildman–Crippen LogP) is 4.44. The Morgan fingerprint density at radius 1 is 1.19 bits per heavy atom. The van der Waals surface area contributed by atoms with Crippen LogP contribution in [0.25, 0.3) is 39.0 Å². The zero-order chi connectivity index (χ0) is 26.9. The molecule has 37 heavy (non-hydrogen) atoms. The maximum absolute atomic E-state index is 14.1. The fraction of sp³-hybridized carbons (Fsp3) is 0.240. The highest BCUT2D eigenvalue weighted by Gasteiger charge is 2.23. The number of halogens is 2. The van der Waals surface area contributed by atoms with Gasteiger partial charge in [0.1, 0.15) is 5.76 Å². The van der Waals surface area contributed by atoms with Crippen LogP contribution in [0, 0.1) is 17.1 Å². The maximum Gasteiger partial charge on any atom is 0.336 e. The zero-order valence-electron chi connectivity index (χ0n) is 20.5. The van der Waals surface area contributed by atoms with Gasteiger partial charge in [0.05, 0.1) is 53.7 Å². The molecule has 190 valence electrons. The molecule has 10 nitrogen and oxygen atoms in total. The molecule has 0 aliphatic heterocycles. The first-order valence-electron chi connectivity index (χ1n) is 11.3. The smallest absolute Gasteiger partial charge is 0.336 e. The number of rotatable bonds is 5. The van der Waals surface area contributed by atoms with Crippen LogP contribution in [-0.2, 0) is 13.6 Å². The van der Waals surface area contributed by atoms with Gasteiger partial charge in [-0.25, -0.2) is 13.8 Å². The van der Waals surface area contributed by atoms with E-state index < -0.39 is 17.1 Å². The van der Waals surface area contributed by atoms with Gasteiger partial charge in [-0.3, -0.25) is 19.0 Å². The number of aryl methyl sites for hydroxylation is 2. The maximum atomic E-state index is 14.1. The van der Waals surface area contributed by atoms with E-state index in [1.807, 2.05) is 19.9 Å². The van der Waals surface area contributed by atoms with E-state index in [0.717, 1.165) is 10.6 Å². The summed E-state index contributed by atoms with van der Waals surface area (Å²) >= 11 is 6.24. The van der Waals surface area contributed by atoms with E-state index in [0.29, 0.717) is 10.9 Å². The van der Waals surface area contributed by atoms with Gasteiger partial charge >= 0.3 is 11.2 Å². The Morgan fingerprint density at radius 3 is 2.65 bits per heavy atom. The van der Waals surface area contributed by atoms with Gasteiger partial charge in [0.2, 0.25) is 5.58 Å². The summed E-state index contributed by atoms with van der Waals surface area (Å²) in [6.45, 7) is 4.00. The number of fused-ring (bicyclic) bond motifs is 2. The van der Waals surface area contributed by atoms with Crippen LogP contribution >= 0.6 is 11.6 Å². The molecule has 0 saturated heterocycles. The van der Waals surface area contributed by atoms with Crippen molar-refractivity contribution in [1.82, 2.24) is 23.9 Å². The molecule has 0 atom stereocenters. The third-order valence-corrected chi connectivity index (χ3v) is 5.95. The Hall–Kier alpha value is -4.43. The van der Waals surface area contributed by atoms with Crippen LogP contribution in [0.4, 0.5) is 4.39 Å². The van der Waals surface area contributed by atoms with Gasteiger partial charge in [0.25, 0.3) is 0 Å². The van der Waals surface area contributed by atoms with E-state index in [4.69, 9.17) is 26.0 Å². The summed E-state index contributed by atoms with van der Waals surface area (Å²) in [5, 5.41) is 14.0. The first kappa shape index (κ1) is 25.7. The minimum absolute atomic E-state index is 0.000347. The summed E-state index contributed by atoms with van der Waals surface area (Å²) in [6, 6.07) is 5.87. The van der Waals surface area contributed by atoms with Crippen LogP contribution in [0.15, 0.2) is 50.8 Å². The van der Waals surface area contributed by atoms with Gasteiger partial charge in [0.15, 0.2) is 11.6 Å². The van der Waals surface area contributed by atoms with Gasteiger partial charge in [-0.1, -0.05) is 25.4 Å². The minimum atomic E-state index is -0.731. The Balaban J connectivity index is 0.00000156. The van der Waals surface area contributed by atoms with Crippen molar-refractivity contribution < 1.29 is 13.5 Å². The van der Waals surface area contributed by atoms with Crippen molar-refractivity contribution >= 4 is 33.6 Å². The van der Waals surface area contributed by atoms with Crippen molar-refractivity contribution in [1.29, 1.82) is 5.26 Å². The van der Waals surface area contributed by atoms with Gasteiger partial charge in [-0.15, -0.1) is 0 Å². The molecule has 4 aromatic heterocycles. The molecule has 0 spiro atoms. The Kier molecular flexibility index (Phi) is 7.13. The molecule has 0 unspecified atom stereocenters. The van der Waals surface area contributed by atoms with Crippen LogP contribution in [0.2, 0.25) is 5.02 Å². The molecule has 5 rings (SSSR count). The molecular formula is C25H22ClFN6O4. The van der Waals surface area contributed by atoms with Gasteiger partial charge in [0, 0.05) is 36.8 Å². The topological polar surface area (TPSA) is 121 Å². The summed E-state index contributed by atoms with van der Waals surface area (Å²) in [6.07, 6.45) is 4.53. The standard InChI is InChI=1S/C23H16ClFN6O4.C2H6/c1-29-20-12(10-28-29)9-27-11-17(20)31-22(32)21-16(30(23(31)33)5-3-4-26)8-18(35-21)13-6-19(34-2)15(25)7-14(13)24;1-2/h6-11H,3,5H2,1-2H3;1-2H3. The largest absolute Gasteiger partial charge is 0.494 e. The number of nitriles is 1. The third kappa shape index (κ3) is 4.25. The molecule has 0 bridgehead atoms. The number of methoxy groups -OCH3 is 1. The molecular weight excluding hydrogens is 503 g/mol.